The van der Waals surface area contributed by atoms with Crippen molar-refractivity contribution >= 4 is 11.8 Å². The number of aromatic nitrogens is 2. The molecule has 2 aromatic heterocycles. The van der Waals surface area contributed by atoms with Crippen LogP contribution in [-0.2, 0) is 17.7 Å². The molecular weight excluding hydrogens is 342 g/mol. The molecular formula is C21H19N3O3. The molecule has 0 aliphatic carbocycles. The maximum Gasteiger partial charge on any atom is 0.337 e. The van der Waals surface area contributed by atoms with E-state index in [4.69, 9.17) is 9.47 Å². The van der Waals surface area contributed by atoms with Gasteiger partial charge < -0.3 is 14.8 Å². The van der Waals surface area contributed by atoms with Crippen LogP contribution in [0.2, 0.25) is 0 Å². The van der Waals surface area contributed by atoms with Crippen LogP contribution in [0, 0.1) is 0 Å². The number of benzene rings is 1. The highest BCUT2D eigenvalue weighted by atomic mass is 16.5. The minimum absolute atomic E-state index is 0.342. The highest BCUT2D eigenvalue weighted by molar-refractivity contribution is 5.89. The van der Waals surface area contributed by atoms with E-state index >= 15 is 0 Å². The Morgan fingerprint density at radius 1 is 1.26 bits per heavy atom. The van der Waals surface area contributed by atoms with Crippen LogP contribution in [0.5, 0.6) is 5.75 Å². The van der Waals surface area contributed by atoms with Gasteiger partial charge in [0.05, 0.1) is 19.3 Å². The number of hydrogen-bond acceptors (Lipinski definition) is 6. The Morgan fingerprint density at radius 3 is 2.93 bits per heavy atom. The van der Waals surface area contributed by atoms with Gasteiger partial charge >= 0.3 is 5.97 Å². The van der Waals surface area contributed by atoms with E-state index in [0.717, 1.165) is 40.2 Å². The number of nitrogens with one attached hydrogen (secondary N) is 1. The smallest absolute Gasteiger partial charge is 0.337 e. The highest BCUT2D eigenvalue weighted by Crippen LogP contribution is 2.39. The van der Waals surface area contributed by atoms with Crippen LogP contribution in [0.25, 0.3) is 11.1 Å². The molecule has 0 atom stereocenters. The molecule has 0 saturated carbocycles. The lowest BCUT2D eigenvalue weighted by Gasteiger charge is -2.13. The maximum absolute atomic E-state index is 11.7. The summed E-state index contributed by atoms with van der Waals surface area (Å²) >= 11 is 0. The van der Waals surface area contributed by atoms with E-state index in [1.165, 1.54) is 7.11 Å². The first-order chi connectivity index (χ1) is 13.3. The largest absolute Gasteiger partial charge is 0.492 e. The molecule has 0 spiro atoms. The van der Waals surface area contributed by atoms with Gasteiger partial charge in [-0.25, -0.2) is 9.78 Å². The van der Waals surface area contributed by atoms with E-state index in [1.807, 2.05) is 36.5 Å². The number of rotatable bonds is 5. The van der Waals surface area contributed by atoms with Crippen LogP contribution in [0.15, 0.2) is 55.0 Å². The quantitative estimate of drug-likeness (QED) is 0.702. The van der Waals surface area contributed by atoms with Gasteiger partial charge in [-0.3, -0.25) is 4.98 Å². The Labute approximate surface area is 157 Å². The first-order valence-electron chi connectivity index (χ1n) is 8.72. The zero-order chi connectivity index (χ0) is 18.6. The summed E-state index contributed by atoms with van der Waals surface area (Å²) in [5, 5.41) is 3.37. The highest BCUT2D eigenvalue weighted by Gasteiger charge is 2.22. The number of carbonyl (C=O) groups is 1. The second kappa shape index (κ2) is 7.45. The van der Waals surface area contributed by atoms with Crippen molar-refractivity contribution in [2.24, 2.45) is 0 Å². The Bertz CT molecular complexity index is 974. The van der Waals surface area contributed by atoms with Crippen LogP contribution < -0.4 is 10.1 Å². The zero-order valence-corrected chi connectivity index (χ0v) is 14.9. The maximum atomic E-state index is 11.7. The second-order valence-electron chi connectivity index (χ2n) is 6.21. The lowest BCUT2D eigenvalue weighted by molar-refractivity contribution is 0.0600. The predicted octanol–water partition coefficient (Wildman–Crippen LogP) is 3.48. The Kier molecular flexibility index (Phi) is 4.70. The minimum atomic E-state index is -0.342. The van der Waals surface area contributed by atoms with Crippen molar-refractivity contribution in [3.8, 4) is 16.9 Å². The fraction of sp³-hybridized carbons (Fsp3) is 0.190. The summed E-state index contributed by atoms with van der Waals surface area (Å²) in [5.74, 6) is 1.34. The summed E-state index contributed by atoms with van der Waals surface area (Å²) in [7, 11) is 1.38. The topological polar surface area (TPSA) is 73.3 Å². The summed E-state index contributed by atoms with van der Waals surface area (Å²) in [4.78, 5) is 20.4. The summed E-state index contributed by atoms with van der Waals surface area (Å²) < 4.78 is 10.7. The Morgan fingerprint density at radius 2 is 2.11 bits per heavy atom. The minimum Gasteiger partial charge on any atom is -0.492 e. The normalized spacial score (nSPS) is 12.2. The van der Waals surface area contributed by atoms with Gasteiger partial charge in [-0.15, -0.1) is 0 Å². The second-order valence-corrected chi connectivity index (χ2v) is 6.21. The summed E-state index contributed by atoms with van der Waals surface area (Å²) in [6.07, 6.45) is 6.16. The molecule has 1 N–H and O–H groups in total. The molecule has 0 unspecified atom stereocenters. The van der Waals surface area contributed by atoms with Gasteiger partial charge in [0.25, 0.3) is 0 Å². The number of anilines is 1. The average molecular weight is 361 g/mol. The van der Waals surface area contributed by atoms with Gasteiger partial charge in [-0.2, -0.15) is 0 Å². The third kappa shape index (κ3) is 3.46. The summed E-state index contributed by atoms with van der Waals surface area (Å²) in [6.45, 7) is 1.20. The molecule has 136 valence electrons. The number of esters is 1. The number of fused-ring (bicyclic) bond motifs is 1. The molecule has 3 aromatic rings. The molecule has 0 radical (unpaired) electrons. The predicted molar refractivity (Wildman–Crippen MR) is 102 cm³/mol. The molecule has 0 saturated heterocycles. The first-order valence-corrected chi connectivity index (χ1v) is 8.72. The van der Waals surface area contributed by atoms with Crippen molar-refractivity contribution in [3.63, 3.8) is 0 Å². The molecule has 0 bridgehead atoms. The molecule has 27 heavy (non-hydrogen) atoms. The van der Waals surface area contributed by atoms with Crippen molar-refractivity contribution in [1.82, 2.24) is 9.97 Å². The van der Waals surface area contributed by atoms with Gasteiger partial charge in [0, 0.05) is 42.7 Å². The van der Waals surface area contributed by atoms with Crippen molar-refractivity contribution in [3.05, 3.63) is 71.7 Å². The number of ether oxygens (including phenoxy) is 2. The van der Waals surface area contributed by atoms with Crippen LogP contribution in [0.1, 0.15) is 21.5 Å². The molecule has 6 heteroatoms. The number of nitrogens with zero attached hydrogens (tertiary/aromatic N) is 2. The molecule has 1 aromatic carbocycles. The number of methoxy groups -OCH3 is 1. The van der Waals surface area contributed by atoms with E-state index in [1.54, 1.807) is 18.5 Å². The van der Waals surface area contributed by atoms with E-state index in [9.17, 15) is 4.79 Å². The number of pyridine rings is 2. The van der Waals surface area contributed by atoms with E-state index < -0.39 is 0 Å². The van der Waals surface area contributed by atoms with Crippen molar-refractivity contribution in [1.29, 1.82) is 0 Å². The Balaban J connectivity index is 1.57. The SMILES string of the molecule is COC(=O)c1cccc(CNc2ncc(-c3ccncc3)c3c2CCO3)c1. The standard InChI is InChI=1S/C21H19N3O3/c1-26-21(25)16-4-2-3-14(11-16)12-23-20-17-7-10-27-19(17)18(13-24-20)15-5-8-22-9-6-15/h2-6,8-9,11,13H,7,10,12H2,1H3,(H,23,24). The lowest BCUT2D eigenvalue weighted by atomic mass is 10.0. The van der Waals surface area contributed by atoms with Crippen LogP contribution in [0.4, 0.5) is 5.82 Å². The molecule has 6 nitrogen and oxygen atoms in total. The van der Waals surface area contributed by atoms with Crippen LogP contribution in [-0.4, -0.2) is 29.7 Å². The monoisotopic (exact) mass is 361 g/mol. The van der Waals surface area contributed by atoms with Gasteiger partial charge in [0.15, 0.2) is 0 Å². The molecule has 0 amide bonds. The fourth-order valence-corrected chi connectivity index (χ4v) is 3.19. The zero-order valence-electron chi connectivity index (χ0n) is 14.9. The van der Waals surface area contributed by atoms with E-state index in [0.29, 0.717) is 18.7 Å². The average Bonchev–Trinajstić information content (AvgIpc) is 3.22. The molecule has 3 heterocycles. The van der Waals surface area contributed by atoms with Crippen LogP contribution >= 0.6 is 0 Å². The Hall–Kier alpha value is -3.41. The van der Waals surface area contributed by atoms with E-state index in [-0.39, 0.29) is 5.97 Å². The van der Waals surface area contributed by atoms with Gasteiger partial charge in [-0.05, 0) is 35.4 Å². The molecule has 4 rings (SSSR count). The van der Waals surface area contributed by atoms with Gasteiger partial charge in [0.1, 0.15) is 11.6 Å². The van der Waals surface area contributed by atoms with Crippen molar-refractivity contribution in [2.45, 2.75) is 13.0 Å². The summed E-state index contributed by atoms with van der Waals surface area (Å²) in [5.41, 5.74) is 4.60. The van der Waals surface area contributed by atoms with E-state index in [2.05, 4.69) is 15.3 Å². The van der Waals surface area contributed by atoms with Crippen LogP contribution in [0.3, 0.4) is 0 Å². The van der Waals surface area contributed by atoms with Gasteiger partial charge in [0.2, 0.25) is 0 Å². The fourth-order valence-electron chi connectivity index (χ4n) is 3.19. The third-order valence-electron chi connectivity index (χ3n) is 4.53. The molecule has 1 aliphatic rings. The lowest BCUT2D eigenvalue weighted by Crippen LogP contribution is -2.06. The van der Waals surface area contributed by atoms with Crippen molar-refractivity contribution in [2.75, 3.05) is 19.0 Å². The number of carbonyl (C=O) groups excluding carboxylic acids is 1. The van der Waals surface area contributed by atoms with Gasteiger partial charge in [-0.1, -0.05) is 12.1 Å². The third-order valence-corrected chi connectivity index (χ3v) is 4.53. The number of hydrogen-bond donors (Lipinski definition) is 1. The molecule has 0 fully saturated rings. The van der Waals surface area contributed by atoms with Crippen molar-refractivity contribution < 1.29 is 14.3 Å². The summed E-state index contributed by atoms with van der Waals surface area (Å²) in [6, 6.07) is 11.3. The first kappa shape index (κ1) is 17.0. The molecule has 1 aliphatic heterocycles.